The maximum atomic E-state index is 13.8. The van der Waals surface area contributed by atoms with Crippen molar-refractivity contribution in [2.75, 3.05) is 0 Å². The summed E-state index contributed by atoms with van der Waals surface area (Å²) in [6.07, 6.45) is 4.19. The normalized spacial score (nSPS) is 11.9. The van der Waals surface area contributed by atoms with Gasteiger partial charge < -0.3 is 9.73 Å². The van der Waals surface area contributed by atoms with Gasteiger partial charge in [0.1, 0.15) is 17.3 Å². The molecule has 0 aliphatic carbocycles. The lowest BCUT2D eigenvalue weighted by atomic mass is 10.1. The summed E-state index contributed by atoms with van der Waals surface area (Å²) in [7, 11) is 0. The smallest absolute Gasteiger partial charge is 0.220 e. The van der Waals surface area contributed by atoms with E-state index in [0.717, 1.165) is 5.56 Å². The van der Waals surface area contributed by atoms with Crippen LogP contribution in [0.4, 0.5) is 4.39 Å². The second kappa shape index (κ2) is 7.75. The molecule has 4 nitrogen and oxygen atoms in total. The molecular formula is C20H19FN2O2. The Bertz CT molecular complexity index is 846. The first-order valence-corrected chi connectivity index (χ1v) is 8.16. The van der Waals surface area contributed by atoms with Gasteiger partial charge in [0.05, 0.1) is 11.6 Å². The van der Waals surface area contributed by atoms with Crippen molar-refractivity contribution < 1.29 is 13.6 Å². The third kappa shape index (κ3) is 4.32. The zero-order chi connectivity index (χ0) is 17.6. The average molecular weight is 338 g/mol. The van der Waals surface area contributed by atoms with Gasteiger partial charge in [-0.2, -0.15) is 0 Å². The largest absolute Gasteiger partial charge is 0.461 e. The van der Waals surface area contributed by atoms with E-state index >= 15 is 0 Å². The Morgan fingerprint density at radius 3 is 2.80 bits per heavy atom. The van der Waals surface area contributed by atoms with E-state index in [9.17, 15) is 9.18 Å². The molecule has 0 fully saturated rings. The minimum atomic E-state index is -0.327. The number of aryl methyl sites for hydroxylation is 1. The Morgan fingerprint density at radius 2 is 2.04 bits per heavy atom. The first kappa shape index (κ1) is 16.9. The molecule has 0 spiro atoms. The van der Waals surface area contributed by atoms with Crippen LogP contribution in [0.1, 0.15) is 30.7 Å². The zero-order valence-electron chi connectivity index (χ0n) is 13.9. The van der Waals surface area contributed by atoms with Crippen LogP contribution in [0.15, 0.2) is 65.3 Å². The topological polar surface area (TPSA) is 55.1 Å². The van der Waals surface area contributed by atoms with Gasteiger partial charge in [-0.15, -0.1) is 0 Å². The number of aromatic nitrogens is 1. The molecule has 1 amide bonds. The van der Waals surface area contributed by atoms with Crippen molar-refractivity contribution in [1.29, 1.82) is 0 Å². The predicted octanol–water partition coefficient (Wildman–Crippen LogP) is 4.29. The Kier molecular flexibility index (Phi) is 5.23. The van der Waals surface area contributed by atoms with Gasteiger partial charge >= 0.3 is 0 Å². The Labute approximate surface area is 145 Å². The summed E-state index contributed by atoms with van der Waals surface area (Å²) in [5.74, 6) is 0.728. The van der Waals surface area contributed by atoms with Crippen LogP contribution < -0.4 is 5.32 Å². The minimum absolute atomic E-state index is 0.0693. The number of pyridine rings is 1. The number of nitrogens with one attached hydrogen (secondary N) is 1. The van der Waals surface area contributed by atoms with E-state index in [1.54, 1.807) is 42.7 Å². The van der Waals surface area contributed by atoms with Gasteiger partial charge in [0.25, 0.3) is 0 Å². The molecule has 1 unspecified atom stereocenters. The van der Waals surface area contributed by atoms with Gasteiger partial charge in [0.15, 0.2) is 0 Å². The number of amides is 1. The van der Waals surface area contributed by atoms with Crippen LogP contribution >= 0.6 is 0 Å². The van der Waals surface area contributed by atoms with Gasteiger partial charge in [0.2, 0.25) is 5.91 Å². The maximum Gasteiger partial charge on any atom is 0.220 e. The highest BCUT2D eigenvalue weighted by molar-refractivity contribution is 5.76. The number of nitrogens with zero attached hydrogens (tertiary/aromatic N) is 1. The van der Waals surface area contributed by atoms with Crippen LogP contribution in [0.5, 0.6) is 0 Å². The third-order valence-corrected chi connectivity index (χ3v) is 3.96. The lowest BCUT2D eigenvalue weighted by molar-refractivity contribution is -0.121. The highest BCUT2D eigenvalue weighted by Gasteiger charge is 2.12. The van der Waals surface area contributed by atoms with E-state index in [2.05, 4.69) is 10.3 Å². The summed E-state index contributed by atoms with van der Waals surface area (Å²) in [5.41, 5.74) is 1.37. The lowest BCUT2D eigenvalue weighted by Crippen LogP contribution is -2.26. The summed E-state index contributed by atoms with van der Waals surface area (Å²) >= 11 is 0. The van der Waals surface area contributed by atoms with E-state index in [-0.39, 0.29) is 17.8 Å². The fraction of sp³-hybridized carbons (Fsp3) is 0.200. The molecule has 3 aromatic rings. The molecule has 0 saturated heterocycles. The van der Waals surface area contributed by atoms with E-state index in [1.165, 1.54) is 6.07 Å². The van der Waals surface area contributed by atoms with E-state index in [1.807, 2.05) is 19.1 Å². The number of benzene rings is 1. The Hall–Kier alpha value is -2.95. The van der Waals surface area contributed by atoms with Crippen LogP contribution in [0.2, 0.25) is 0 Å². The molecule has 1 aromatic carbocycles. The molecule has 25 heavy (non-hydrogen) atoms. The number of halogens is 1. The van der Waals surface area contributed by atoms with Gasteiger partial charge in [0, 0.05) is 25.2 Å². The summed E-state index contributed by atoms with van der Waals surface area (Å²) < 4.78 is 19.4. The van der Waals surface area contributed by atoms with Gasteiger partial charge in [-0.05, 0) is 42.8 Å². The standard InChI is InChI=1S/C20H19FN2O2/c1-14(15-5-4-12-22-13-15)23-20(24)11-9-16-8-10-19(25-16)17-6-2-3-7-18(17)21/h2-8,10,12-14H,9,11H2,1H3,(H,23,24). The summed E-state index contributed by atoms with van der Waals surface area (Å²) in [6.45, 7) is 1.91. The molecule has 0 saturated carbocycles. The number of carbonyl (C=O) groups is 1. The summed E-state index contributed by atoms with van der Waals surface area (Å²) in [4.78, 5) is 16.1. The van der Waals surface area contributed by atoms with Crippen LogP contribution in [-0.2, 0) is 11.2 Å². The molecule has 1 atom stereocenters. The lowest BCUT2D eigenvalue weighted by Gasteiger charge is -2.13. The molecule has 128 valence electrons. The molecular weight excluding hydrogens is 319 g/mol. The van der Waals surface area contributed by atoms with Crippen LogP contribution in [0, 0.1) is 5.82 Å². The first-order chi connectivity index (χ1) is 12.1. The summed E-state index contributed by atoms with van der Waals surface area (Å²) in [5, 5.41) is 2.93. The van der Waals surface area contributed by atoms with Crippen molar-refractivity contribution in [3.8, 4) is 11.3 Å². The van der Waals surface area contributed by atoms with Crippen molar-refractivity contribution >= 4 is 5.91 Å². The number of hydrogen-bond acceptors (Lipinski definition) is 3. The molecule has 0 aliphatic rings. The maximum absolute atomic E-state index is 13.8. The molecule has 0 aliphatic heterocycles. The predicted molar refractivity (Wildman–Crippen MR) is 93.2 cm³/mol. The number of furan rings is 1. The molecule has 2 aromatic heterocycles. The Morgan fingerprint density at radius 1 is 1.20 bits per heavy atom. The zero-order valence-corrected chi connectivity index (χ0v) is 13.9. The highest BCUT2D eigenvalue weighted by Crippen LogP contribution is 2.25. The van der Waals surface area contributed by atoms with E-state index in [4.69, 9.17) is 4.42 Å². The number of hydrogen-bond donors (Lipinski definition) is 1. The molecule has 5 heteroatoms. The molecule has 0 radical (unpaired) electrons. The highest BCUT2D eigenvalue weighted by atomic mass is 19.1. The monoisotopic (exact) mass is 338 g/mol. The quantitative estimate of drug-likeness (QED) is 0.729. The van der Waals surface area contributed by atoms with Crippen LogP contribution in [0.25, 0.3) is 11.3 Å². The Balaban J connectivity index is 1.55. The van der Waals surface area contributed by atoms with Crippen LogP contribution in [0.3, 0.4) is 0 Å². The average Bonchev–Trinajstić information content (AvgIpc) is 3.10. The second-order valence-electron chi connectivity index (χ2n) is 5.82. The third-order valence-electron chi connectivity index (χ3n) is 3.96. The number of carbonyl (C=O) groups excluding carboxylic acids is 1. The minimum Gasteiger partial charge on any atom is -0.461 e. The van der Waals surface area contributed by atoms with Crippen molar-refractivity contribution in [2.24, 2.45) is 0 Å². The van der Waals surface area contributed by atoms with Crippen LogP contribution in [-0.4, -0.2) is 10.9 Å². The van der Waals surface area contributed by atoms with E-state index in [0.29, 0.717) is 29.9 Å². The molecule has 0 bridgehead atoms. The fourth-order valence-electron chi connectivity index (χ4n) is 2.58. The molecule has 3 rings (SSSR count). The first-order valence-electron chi connectivity index (χ1n) is 8.16. The second-order valence-corrected chi connectivity index (χ2v) is 5.82. The van der Waals surface area contributed by atoms with Crippen molar-refractivity contribution in [1.82, 2.24) is 10.3 Å². The van der Waals surface area contributed by atoms with Gasteiger partial charge in [-0.25, -0.2) is 4.39 Å². The summed E-state index contributed by atoms with van der Waals surface area (Å²) in [6, 6.07) is 13.6. The fourth-order valence-corrected chi connectivity index (χ4v) is 2.58. The van der Waals surface area contributed by atoms with Gasteiger partial charge in [-0.3, -0.25) is 9.78 Å². The van der Waals surface area contributed by atoms with Crippen molar-refractivity contribution in [2.45, 2.75) is 25.8 Å². The van der Waals surface area contributed by atoms with Crippen molar-refractivity contribution in [3.63, 3.8) is 0 Å². The molecule has 2 heterocycles. The molecule has 1 N–H and O–H groups in total. The van der Waals surface area contributed by atoms with Gasteiger partial charge in [-0.1, -0.05) is 18.2 Å². The number of rotatable bonds is 6. The van der Waals surface area contributed by atoms with E-state index < -0.39 is 0 Å². The SMILES string of the molecule is CC(NC(=O)CCc1ccc(-c2ccccc2F)o1)c1cccnc1. The van der Waals surface area contributed by atoms with Crippen molar-refractivity contribution in [3.05, 3.63) is 78.1 Å².